The Hall–Kier alpha value is -4.66. The number of carbonyl (C=O) groups is 1. The van der Waals surface area contributed by atoms with Crippen molar-refractivity contribution in [2.75, 3.05) is 18.8 Å². The predicted octanol–water partition coefficient (Wildman–Crippen LogP) is 5.19. The summed E-state index contributed by atoms with van der Waals surface area (Å²) in [4.78, 5) is 23.3. The summed E-state index contributed by atoms with van der Waals surface area (Å²) in [6, 6.07) is 20.2. The third-order valence-electron chi connectivity index (χ3n) is 6.64. The van der Waals surface area contributed by atoms with Crippen LogP contribution >= 0.6 is 0 Å². The summed E-state index contributed by atoms with van der Waals surface area (Å²) in [5, 5.41) is 4.38. The molecule has 6 rings (SSSR count). The first-order valence-corrected chi connectivity index (χ1v) is 12.6. The first-order valence-electron chi connectivity index (χ1n) is 12.6. The average Bonchev–Trinajstić information content (AvgIpc) is 3.51. The number of anilines is 1. The van der Waals surface area contributed by atoms with Gasteiger partial charge in [0.05, 0.1) is 22.3 Å². The van der Waals surface area contributed by atoms with Gasteiger partial charge in [0.1, 0.15) is 17.2 Å². The van der Waals surface area contributed by atoms with Crippen molar-refractivity contribution in [2.45, 2.75) is 32.3 Å². The number of hydrogen-bond donors (Lipinski definition) is 1. The van der Waals surface area contributed by atoms with E-state index >= 15 is 0 Å². The quantitative estimate of drug-likeness (QED) is 0.359. The number of imidazole rings is 1. The highest BCUT2D eigenvalue weighted by Crippen LogP contribution is 2.34. The second kappa shape index (κ2) is 9.02. The molecule has 0 aliphatic carbocycles. The van der Waals surface area contributed by atoms with Crippen LogP contribution in [-0.4, -0.2) is 54.0 Å². The summed E-state index contributed by atoms with van der Waals surface area (Å²) < 4.78 is 9.42. The van der Waals surface area contributed by atoms with Crippen LogP contribution in [0.2, 0.25) is 0 Å². The second-order valence-corrected chi connectivity index (χ2v) is 10.5. The summed E-state index contributed by atoms with van der Waals surface area (Å²) >= 11 is 0. The number of nitrogens with zero attached hydrogens (tertiary/aromatic N) is 6. The van der Waals surface area contributed by atoms with Gasteiger partial charge in [-0.05, 0) is 74.9 Å². The molecule has 0 unspecified atom stereocenters. The fourth-order valence-corrected chi connectivity index (χ4v) is 4.74. The van der Waals surface area contributed by atoms with Crippen molar-refractivity contribution in [1.82, 2.24) is 29.2 Å². The Bertz CT molecular complexity index is 1610. The van der Waals surface area contributed by atoms with E-state index in [1.54, 1.807) is 17.3 Å². The van der Waals surface area contributed by atoms with Crippen LogP contribution in [0.3, 0.4) is 0 Å². The zero-order chi connectivity index (χ0) is 26.4. The lowest BCUT2D eigenvalue weighted by atomic mass is 9.92. The second-order valence-electron chi connectivity index (χ2n) is 10.5. The molecule has 4 heterocycles. The largest absolute Gasteiger partial charge is 0.444 e. The molecule has 1 aliphatic rings. The maximum Gasteiger partial charge on any atom is 0.410 e. The van der Waals surface area contributed by atoms with Crippen LogP contribution in [-0.2, 0) is 4.74 Å². The van der Waals surface area contributed by atoms with Crippen molar-refractivity contribution in [3.05, 3.63) is 84.8 Å². The van der Waals surface area contributed by atoms with Crippen LogP contribution < -0.4 is 5.73 Å². The molecule has 0 saturated carbocycles. The van der Waals surface area contributed by atoms with E-state index in [0.717, 1.165) is 33.8 Å². The Labute approximate surface area is 220 Å². The van der Waals surface area contributed by atoms with E-state index in [9.17, 15) is 4.79 Å². The minimum atomic E-state index is -0.496. The molecule has 0 bridgehead atoms. The Morgan fingerprint density at radius 2 is 1.76 bits per heavy atom. The lowest BCUT2D eigenvalue weighted by Crippen LogP contribution is -2.50. The zero-order valence-corrected chi connectivity index (χ0v) is 21.6. The standard InChI is InChI=1S/C29H29N7O2/c1-29(2,3)38-28(37)34-17-20(18-34)19-7-9-21(10-8-19)36-25-16-22(35-15-5-14-32-35)11-12-24(25)33-27(36)23-6-4-13-31-26(23)30/h4-16,20H,17-18H2,1-3H3,(H2,30,31). The van der Waals surface area contributed by atoms with E-state index in [1.807, 2.05) is 62.0 Å². The maximum atomic E-state index is 12.3. The van der Waals surface area contributed by atoms with Gasteiger partial charge in [-0.1, -0.05) is 12.1 Å². The number of benzene rings is 2. The minimum Gasteiger partial charge on any atom is -0.444 e. The zero-order valence-electron chi connectivity index (χ0n) is 21.6. The van der Waals surface area contributed by atoms with E-state index in [4.69, 9.17) is 15.5 Å². The van der Waals surface area contributed by atoms with Gasteiger partial charge in [-0.3, -0.25) is 4.57 Å². The Balaban J connectivity index is 1.35. The molecule has 2 N–H and O–H groups in total. The highest BCUT2D eigenvalue weighted by molar-refractivity contribution is 5.86. The number of rotatable bonds is 4. The van der Waals surface area contributed by atoms with Crippen LogP contribution in [0.1, 0.15) is 32.3 Å². The van der Waals surface area contributed by atoms with Crippen LogP contribution in [0.15, 0.2) is 79.3 Å². The van der Waals surface area contributed by atoms with Crippen molar-refractivity contribution < 1.29 is 9.53 Å². The van der Waals surface area contributed by atoms with Gasteiger partial charge >= 0.3 is 6.09 Å². The van der Waals surface area contributed by atoms with Gasteiger partial charge in [0.15, 0.2) is 0 Å². The number of carbonyl (C=O) groups excluding carboxylic acids is 1. The molecule has 1 fully saturated rings. The number of fused-ring (bicyclic) bond motifs is 1. The summed E-state index contributed by atoms with van der Waals surface area (Å²) in [7, 11) is 0. The van der Waals surface area contributed by atoms with Gasteiger partial charge in [0.25, 0.3) is 0 Å². The van der Waals surface area contributed by atoms with E-state index < -0.39 is 5.60 Å². The molecule has 0 spiro atoms. The van der Waals surface area contributed by atoms with Crippen molar-refractivity contribution in [2.24, 2.45) is 0 Å². The van der Waals surface area contributed by atoms with Gasteiger partial charge in [0.2, 0.25) is 0 Å². The highest BCUT2D eigenvalue weighted by atomic mass is 16.6. The fraction of sp³-hybridized carbons (Fsp3) is 0.241. The number of nitrogens with two attached hydrogens (primary N) is 1. The van der Waals surface area contributed by atoms with Gasteiger partial charge in [-0.2, -0.15) is 5.10 Å². The molecule has 9 heteroatoms. The van der Waals surface area contributed by atoms with Crippen LogP contribution in [0.5, 0.6) is 0 Å². The van der Waals surface area contributed by atoms with Crippen LogP contribution in [0, 0.1) is 0 Å². The Morgan fingerprint density at radius 1 is 1.00 bits per heavy atom. The van der Waals surface area contributed by atoms with E-state index in [0.29, 0.717) is 18.9 Å². The summed E-state index contributed by atoms with van der Waals surface area (Å²) in [6.45, 7) is 6.93. The summed E-state index contributed by atoms with van der Waals surface area (Å²) in [5.41, 5.74) is 11.4. The molecular weight excluding hydrogens is 478 g/mol. The van der Waals surface area contributed by atoms with Crippen LogP contribution in [0.4, 0.5) is 10.6 Å². The van der Waals surface area contributed by atoms with E-state index in [-0.39, 0.29) is 12.0 Å². The van der Waals surface area contributed by atoms with Crippen molar-refractivity contribution in [1.29, 1.82) is 0 Å². The normalized spacial score (nSPS) is 14.0. The van der Waals surface area contributed by atoms with Crippen molar-refractivity contribution >= 4 is 22.9 Å². The molecule has 5 aromatic rings. The first-order chi connectivity index (χ1) is 18.3. The van der Waals surface area contributed by atoms with Gasteiger partial charge in [-0.25, -0.2) is 19.4 Å². The molecule has 38 heavy (non-hydrogen) atoms. The predicted molar refractivity (Wildman–Crippen MR) is 146 cm³/mol. The number of amides is 1. The fourth-order valence-electron chi connectivity index (χ4n) is 4.74. The highest BCUT2D eigenvalue weighted by Gasteiger charge is 2.34. The van der Waals surface area contributed by atoms with Crippen LogP contribution in [0.25, 0.3) is 33.8 Å². The van der Waals surface area contributed by atoms with Gasteiger partial charge in [-0.15, -0.1) is 0 Å². The maximum absolute atomic E-state index is 12.3. The molecule has 2 aromatic carbocycles. The Morgan fingerprint density at radius 3 is 2.45 bits per heavy atom. The molecule has 192 valence electrons. The summed E-state index contributed by atoms with van der Waals surface area (Å²) in [6.07, 6.45) is 5.08. The topological polar surface area (TPSA) is 104 Å². The third kappa shape index (κ3) is 4.36. The number of nitrogen functional groups attached to an aromatic ring is 1. The monoisotopic (exact) mass is 507 g/mol. The number of aromatic nitrogens is 5. The van der Waals surface area contributed by atoms with E-state index in [1.165, 1.54) is 5.56 Å². The smallest absolute Gasteiger partial charge is 0.410 e. The first kappa shape index (κ1) is 23.7. The lowest BCUT2D eigenvalue weighted by Gasteiger charge is -2.40. The molecule has 1 amide bonds. The molecule has 0 radical (unpaired) electrons. The van der Waals surface area contributed by atoms with Crippen molar-refractivity contribution in [3.63, 3.8) is 0 Å². The molecule has 3 aromatic heterocycles. The molecule has 0 atom stereocenters. The number of ether oxygens (including phenoxy) is 1. The molecule has 1 aliphatic heterocycles. The van der Waals surface area contributed by atoms with Gasteiger partial charge < -0.3 is 15.4 Å². The number of hydrogen-bond acceptors (Lipinski definition) is 6. The lowest BCUT2D eigenvalue weighted by molar-refractivity contribution is 0.00819. The Kier molecular flexibility index (Phi) is 5.63. The van der Waals surface area contributed by atoms with E-state index in [2.05, 4.69) is 45.0 Å². The SMILES string of the molecule is CC(C)(C)OC(=O)N1CC(c2ccc(-n3c(-c4cccnc4N)nc4ccc(-n5cccn5)cc43)cc2)C1. The average molecular weight is 508 g/mol. The molecule has 1 saturated heterocycles. The summed E-state index contributed by atoms with van der Waals surface area (Å²) in [5.74, 6) is 1.41. The third-order valence-corrected chi connectivity index (χ3v) is 6.64. The minimum absolute atomic E-state index is 0.262. The van der Waals surface area contributed by atoms with Crippen molar-refractivity contribution in [3.8, 4) is 22.8 Å². The number of likely N-dealkylation sites (tertiary alicyclic amines) is 1. The molecular formula is C29H29N7O2. The number of pyridine rings is 1. The molecule has 9 nitrogen and oxygen atoms in total. The van der Waals surface area contributed by atoms with Gasteiger partial charge in [0, 0.05) is 43.3 Å².